The molecule has 0 aliphatic rings. The van der Waals surface area contributed by atoms with Crippen LogP contribution in [0.3, 0.4) is 0 Å². The number of nitrogens with zero attached hydrogens (tertiary/aromatic N) is 2. The second-order valence-electron chi connectivity index (χ2n) is 6.00. The monoisotopic (exact) mass is 389 g/mol. The molecule has 0 radical (unpaired) electrons. The number of hydrogen-bond donors (Lipinski definition) is 2. The van der Waals surface area contributed by atoms with E-state index >= 15 is 0 Å². The van der Waals surface area contributed by atoms with E-state index in [4.69, 9.17) is 0 Å². The van der Waals surface area contributed by atoms with Gasteiger partial charge in [-0.25, -0.2) is 0 Å². The van der Waals surface area contributed by atoms with E-state index in [0.29, 0.717) is 5.69 Å². The van der Waals surface area contributed by atoms with Gasteiger partial charge in [-0.1, -0.05) is 12.1 Å². The summed E-state index contributed by atoms with van der Waals surface area (Å²) in [5.41, 5.74) is -0.620. The number of nitrogens with one attached hydrogen (secondary N) is 1. The van der Waals surface area contributed by atoms with Crippen molar-refractivity contribution >= 4 is 11.6 Å². The van der Waals surface area contributed by atoms with Crippen LogP contribution in [-0.2, 0) is 6.18 Å². The molecule has 28 heavy (non-hydrogen) atoms. The van der Waals surface area contributed by atoms with Crippen LogP contribution < -0.4 is 10.9 Å². The standard InChI is InChI=1S/C19H14F3N3O3/c1-11-3-2-4-14(9-11)25-16(27)10-15(26)17(24-25)18(28)23-13-7-5-12(6-8-13)19(20,21)22/h2-10,26H,1H3,(H,23,28). The van der Waals surface area contributed by atoms with E-state index < -0.39 is 34.6 Å². The first kappa shape index (κ1) is 19.2. The first-order valence-electron chi connectivity index (χ1n) is 8.04. The molecule has 1 amide bonds. The van der Waals surface area contributed by atoms with Crippen molar-refractivity contribution in [1.82, 2.24) is 9.78 Å². The summed E-state index contributed by atoms with van der Waals surface area (Å²) in [6.07, 6.45) is -4.49. The zero-order valence-electron chi connectivity index (χ0n) is 14.5. The molecule has 1 aromatic heterocycles. The van der Waals surface area contributed by atoms with Gasteiger partial charge in [0.1, 0.15) is 0 Å². The van der Waals surface area contributed by atoms with Crippen LogP contribution in [0.1, 0.15) is 21.6 Å². The number of carbonyl (C=O) groups is 1. The smallest absolute Gasteiger partial charge is 0.416 e. The van der Waals surface area contributed by atoms with Crippen LogP contribution >= 0.6 is 0 Å². The zero-order chi connectivity index (χ0) is 20.5. The van der Waals surface area contributed by atoms with Crippen molar-refractivity contribution < 1.29 is 23.1 Å². The van der Waals surface area contributed by atoms with Crippen molar-refractivity contribution in [2.75, 3.05) is 5.32 Å². The number of carbonyl (C=O) groups excluding carboxylic acids is 1. The molecule has 0 aliphatic heterocycles. The van der Waals surface area contributed by atoms with E-state index in [9.17, 15) is 27.9 Å². The fourth-order valence-corrected chi connectivity index (χ4v) is 2.49. The number of aromatic hydroxyl groups is 1. The van der Waals surface area contributed by atoms with Gasteiger partial charge in [-0.05, 0) is 48.9 Å². The van der Waals surface area contributed by atoms with E-state index in [2.05, 4.69) is 10.4 Å². The summed E-state index contributed by atoms with van der Waals surface area (Å²) >= 11 is 0. The molecule has 0 unspecified atom stereocenters. The number of halogens is 3. The van der Waals surface area contributed by atoms with Gasteiger partial charge in [0.2, 0.25) is 0 Å². The molecule has 0 saturated carbocycles. The Morgan fingerprint density at radius 1 is 1.11 bits per heavy atom. The quantitative estimate of drug-likeness (QED) is 0.718. The average molecular weight is 389 g/mol. The van der Waals surface area contributed by atoms with Gasteiger partial charge in [-0.3, -0.25) is 9.59 Å². The lowest BCUT2D eigenvalue weighted by Crippen LogP contribution is -2.25. The molecule has 0 aliphatic carbocycles. The van der Waals surface area contributed by atoms with Crippen LogP contribution in [-0.4, -0.2) is 20.8 Å². The molecule has 1 heterocycles. The summed E-state index contributed by atoms with van der Waals surface area (Å²) in [5, 5.41) is 16.2. The highest BCUT2D eigenvalue weighted by Crippen LogP contribution is 2.30. The number of alkyl halides is 3. The number of benzene rings is 2. The maximum absolute atomic E-state index is 12.6. The third-order valence-electron chi connectivity index (χ3n) is 3.84. The Morgan fingerprint density at radius 3 is 2.39 bits per heavy atom. The van der Waals surface area contributed by atoms with Crippen molar-refractivity contribution in [3.05, 3.63) is 81.8 Å². The number of amides is 1. The third-order valence-corrected chi connectivity index (χ3v) is 3.84. The lowest BCUT2D eigenvalue weighted by Gasteiger charge is -2.11. The molecule has 0 spiro atoms. The molecule has 3 rings (SSSR count). The van der Waals surface area contributed by atoms with Crippen molar-refractivity contribution in [3.8, 4) is 11.4 Å². The van der Waals surface area contributed by atoms with Gasteiger partial charge < -0.3 is 10.4 Å². The van der Waals surface area contributed by atoms with E-state index in [0.717, 1.165) is 40.6 Å². The molecule has 0 fully saturated rings. The van der Waals surface area contributed by atoms with Gasteiger partial charge in [0.05, 0.1) is 11.3 Å². The number of anilines is 1. The lowest BCUT2D eigenvalue weighted by atomic mass is 10.2. The van der Waals surface area contributed by atoms with Crippen LogP contribution in [0.5, 0.6) is 5.75 Å². The minimum absolute atomic E-state index is 0.0764. The maximum Gasteiger partial charge on any atom is 0.416 e. The van der Waals surface area contributed by atoms with Crippen LogP contribution in [0.4, 0.5) is 18.9 Å². The largest absolute Gasteiger partial charge is 0.505 e. The molecule has 2 aromatic carbocycles. The minimum Gasteiger partial charge on any atom is -0.505 e. The van der Waals surface area contributed by atoms with Crippen LogP contribution in [0, 0.1) is 6.92 Å². The molecule has 6 nitrogen and oxygen atoms in total. The fourth-order valence-electron chi connectivity index (χ4n) is 2.49. The molecule has 2 N–H and O–H groups in total. The zero-order valence-corrected chi connectivity index (χ0v) is 14.5. The lowest BCUT2D eigenvalue weighted by molar-refractivity contribution is -0.137. The highest BCUT2D eigenvalue weighted by Gasteiger charge is 2.30. The number of hydrogen-bond acceptors (Lipinski definition) is 4. The van der Waals surface area contributed by atoms with Crippen molar-refractivity contribution in [2.24, 2.45) is 0 Å². The van der Waals surface area contributed by atoms with Crippen molar-refractivity contribution in [1.29, 1.82) is 0 Å². The van der Waals surface area contributed by atoms with E-state index in [1.807, 2.05) is 13.0 Å². The first-order valence-corrected chi connectivity index (χ1v) is 8.04. The Hall–Kier alpha value is -3.62. The van der Waals surface area contributed by atoms with Gasteiger partial charge in [0.15, 0.2) is 11.4 Å². The Balaban J connectivity index is 1.92. The predicted molar refractivity (Wildman–Crippen MR) is 95.6 cm³/mol. The predicted octanol–water partition coefficient (Wildman–Crippen LogP) is 3.52. The number of aryl methyl sites for hydroxylation is 1. The Morgan fingerprint density at radius 2 is 1.79 bits per heavy atom. The molecule has 0 atom stereocenters. The number of rotatable bonds is 3. The second-order valence-corrected chi connectivity index (χ2v) is 6.00. The van der Waals surface area contributed by atoms with E-state index in [1.165, 1.54) is 0 Å². The SMILES string of the molecule is Cc1cccc(-n2nc(C(=O)Nc3ccc(C(F)(F)F)cc3)c(O)cc2=O)c1. The van der Waals surface area contributed by atoms with Gasteiger partial charge in [-0.2, -0.15) is 23.0 Å². The van der Waals surface area contributed by atoms with Gasteiger partial charge in [0.25, 0.3) is 11.5 Å². The van der Waals surface area contributed by atoms with E-state index in [-0.39, 0.29) is 5.69 Å². The van der Waals surface area contributed by atoms with Crippen molar-refractivity contribution in [2.45, 2.75) is 13.1 Å². The molecular weight excluding hydrogens is 375 g/mol. The third kappa shape index (κ3) is 4.03. The Kier molecular flexibility index (Phi) is 4.91. The molecule has 3 aromatic rings. The highest BCUT2D eigenvalue weighted by molar-refractivity contribution is 6.04. The minimum atomic E-state index is -4.49. The van der Waals surface area contributed by atoms with Crippen LogP contribution in [0.2, 0.25) is 0 Å². The maximum atomic E-state index is 12.6. The number of aromatic nitrogens is 2. The summed E-state index contributed by atoms with van der Waals surface area (Å²) in [6, 6.07) is 11.4. The Labute approximate surface area is 156 Å². The van der Waals surface area contributed by atoms with Gasteiger partial charge >= 0.3 is 6.18 Å². The summed E-state index contributed by atoms with van der Waals surface area (Å²) in [4.78, 5) is 24.5. The van der Waals surface area contributed by atoms with Crippen LogP contribution in [0.25, 0.3) is 5.69 Å². The van der Waals surface area contributed by atoms with Gasteiger partial charge in [0, 0.05) is 11.8 Å². The molecular formula is C19H14F3N3O3. The molecule has 0 saturated heterocycles. The summed E-state index contributed by atoms with van der Waals surface area (Å²) < 4.78 is 38.8. The van der Waals surface area contributed by atoms with E-state index in [1.54, 1.807) is 18.2 Å². The molecule has 0 bridgehead atoms. The molecule has 9 heteroatoms. The summed E-state index contributed by atoms with van der Waals surface area (Å²) in [6.45, 7) is 1.81. The van der Waals surface area contributed by atoms with Crippen molar-refractivity contribution in [3.63, 3.8) is 0 Å². The fraction of sp³-hybridized carbons (Fsp3) is 0.105. The summed E-state index contributed by atoms with van der Waals surface area (Å²) in [7, 11) is 0. The second kappa shape index (κ2) is 7.18. The highest BCUT2D eigenvalue weighted by atomic mass is 19.4. The molecule has 144 valence electrons. The van der Waals surface area contributed by atoms with Crippen LogP contribution in [0.15, 0.2) is 59.4 Å². The average Bonchev–Trinajstić information content (AvgIpc) is 2.61. The first-order chi connectivity index (χ1) is 13.1. The topological polar surface area (TPSA) is 84.2 Å². The summed E-state index contributed by atoms with van der Waals surface area (Å²) in [5.74, 6) is -1.52. The normalized spacial score (nSPS) is 11.3. The van der Waals surface area contributed by atoms with Gasteiger partial charge in [-0.15, -0.1) is 0 Å². The Bertz CT molecular complexity index is 1090.